The van der Waals surface area contributed by atoms with Crippen molar-refractivity contribution in [2.75, 3.05) is 12.0 Å². The summed E-state index contributed by atoms with van der Waals surface area (Å²) in [5, 5.41) is 9.14. The van der Waals surface area contributed by atoms with E-state index in [1.165, 1.54) is 6.07 Å². The predicted molar refractivity (Wildman–Crippen MR) is 99.8 cm³/mol. The molecule has 0 saturated heterocycles. The molecule has 1 atom stereocenters. The molecule has 0 radical (unpaired) electrons. The fourth-order valence-corrected chi connectivity index (χ4v) is 3.21. The van der Waals surface area contributed by atoms with Gasteiger partial charge in [0.1, 0.15) is 5.75 Å². The van der Waals surface area contributed by atoms with Gasteiger partial charge in [0.25, 0.3) is 0 Å². The average molecular weight is 353 g/mol. The molecule has 1 unspecified atom stereocenters. The molecule has 3 rings (SSSR count). The van der Waals surface area contributed by atoms with E-state index in [1.54, 1.807) is 25.3 Å². The van der Waals surface area contributed by atoms with Crippen molar-refractivity contribution in [3.05, 3.63) is 59.7 Å². The minimum absolute atomic E-state index is 0.0305. The molecular weight excluding hydrogens is 330 g/mol. The van der Waals surface area contributed by atoms with E-state index in [-0.39, 0.29) is 23.9 Å². The maximum atomic E-state index is 13.1. The quantitative estimate of drug-likeness (QED) is 0.823. The normalized spacial score (nSPS) is 14.5. The summed E-state index contributed by atoms with van der Waals surface area (Å²) in [6.07, 6.45) is 2.44. The highest BCUT2D eigenvalue weighted by Gasteiger charge is 2.35. The van der Waals surface area contributed by atoms with Crippen molar-refractivity contribution in [1.29, 1.82) is 0 Å². The largest absolute Gasteiger partial charge is 0.497 e. The Hall–Kier alpha value is -2.82. The molecule has 1 N–H and O–H groups in total. The summed E-state index contributed by atoms with van der Waals surface area (Å²) < 4.78 is 5.20. The monoisotopic (exact) mass is 353 g/mol. The summed E-state index contributed by atoms with van der Waals surface area (Å²) in [5.74, 6) is 0.246. The number of rotatable bonds is 7. The summed E-state index contributed by atoms with van der Waals surface area (Å²) in [7, 11) is 1.61. The molecule has 26 heavy (non-hydrogen) atoms. The first kappa shape index (κ1) is 18.0. The molecule has 1 aliphatic carbocycles. The number of anilines is 1. The fraction of sp³-hybridized carbons (Fsp3) is 0.333. The minimum atomic E-state index is -0.988. The zero-order chi connectivity index (χ0) is 18.7. The maximum Gasteiger partial charge on any atom is 0.335 e. The van der Waals surface area contributed by atoms with Crippen LogP contribution in [0.2, 0.25) is 0 Å². The Balaban J connectivity index is 1.84. The maximum absolute atomic E-state index is 13.1. The smallest absolute Gasteiger partial charge is 0.335 e. The van der Waals surface area contributed by atoms with Gasteiger partial charge in [-0.25, -0.2) is 4.79 Å². The highest BCUT2D eigenvalue weighted by atomic mass is 16.5. The lowest BCUT2D eigenvalue weighted by Crippen LogP contribution is -2.41. The molecular formula is C21H23NO4. The van der Waals surface area contributed by atoms with Crippen molar-refractivity contribution in [2.24, 2.45) is 5.92 Å². The van der Waals surface area contributed by atoms with Gasteiger partial charge in [0.05, 0.1) is 19.1 Å². The lowest BCUT2D eigenvalue weighted by Gasteiger charge is -2.30. The number of ether oxygens (including phenoxy) is 1. The van der Waals surface area contributed by atoms with Gasteiger partial charge in [-0.15, -0.1) is 0 Å². The Bertz CT molecular complexity index is 796. The van der Waals surface area contributed by atoms with Gasteiger partial charge < -0.3 is 14.7 Å². The van der Waals surface area contributed by atoms with Crippen molar-refractivity contribution in [3.8, 4) is 5.75 Å². The van der Waals surface area contributed by atoms with Crippen LogP contribution < -0.4 is 9.64 Å². The second-order valence-corrected chi connectivity index (χ2v) is 6.72. The van der Waals surface area contributed by atoms with Crippen LogP contribution in [0.25, 0.3) is 0 Å². The number of carbonyl (C=O) groups is 2. The molecule has 1 fully saturated rings. The number of amides is 1. The van der Waals surface area contributed by atoms with Gasteiger partial charge in [-0.1, -0.05) is 12.1 Å². The standard InChI is InChI=1S/C21H23NO4/c1-14(16-6-7-16)22(18-8-10-19(26-2)11-9-18)20(23)13-15-4-3-5-17(12-15)21(24)25/h3-5,8-12,14,16H,6-7,13H2,1-2H3,(H,24,25). The summed E-state index contributed by atoms with van der Waals surface area (Å²) in [5.41, 5.74) is 1.74. The van der Waals surface area contributed by atoms with E-state index in [0.717, 1.165) is 24.3 Å². The third-order valence-electron chi connectivity index (χ3n) is 4.86. The summed E-state index contributed by atoms with van der Waals surface area (Å²) in [4.78, 5) is 26.1. The first-order valence-electron chi connectivity index (χ1n) is 8.78. The Morgan fingerprint density at radius 2 is 1.88 bits per heavy atom. The van der Waals surface area contributed by atoms with E-state index in [1.807, 2.05) is 29.2 Å². The second kappa shape index (κ2) is 7.60. The first-order chi connectivity index (χ1) is 12.5. The molecule has 2 aromatic rings. The number of methoxy groups -OCH3 is 1. The third-order valence-corrected chi connectivity index (χ3v) is 4.86. The highest BCUT2D eigenvalue weighted by Crippen LogP contribution is 2.37. The number of carboxylic acids is 1. The molecule has 0 spiro atoms. The Morgan fingerprint density at radius 1 is 1.19 bits per heavy atom. The molecule has 5 nitrogen and oxygen atoms in total. The number of hydrogen-bond acceptors (Lipinski definition) is 3. The molecule has 5 heteroatoms. The van der Waals surface area contributed by atoms with Crippen LogP contribution in [-0.4, -0.2) is 30.1 Å². The van der Waals surface area contributed by atoms with Crippen LogP contribution in [0, 0.1) is 5.92 Å². The highest BCUT2D eigenvalue weighted by molar-refractivity contribution is 5.96. The molecule has 1 saturated carbocycles. The van der Waals surface area contributed by atoms with Gasteiger partial charge in [0, 0.05) is 11.7 Å². The third kappa shape index (κ3) is 4.04. The first-order valence-corrected chi connectivity index (χ1v) is 8.78. The fourth-order valence-electron chi connectivity index (χ4n) is 3.21. The van der Waals surface area contributed by atoms with Crippen LogP contribution in [0.15, 0.2) is 48.5 Å². The second-order valence-electron chi connectivity index (χ2n) is 6.72. The van der Waals surface area contributed by atoms with Gasteiger partial charge in [-0.3, -0.25) is 4.79 Å². The van der Waals surface area contributed by atoms with Crippen LogP contribution >= 0.6 is 0 Å². The van der Waals surface area contributed by atoms with Crippen molar-refractivity contribution in [2.45, 2.75) is 32.2 Å². The van der Waals surface area contributed by atoms with Crippen LogP contribution in [0.3, 0.4) is 0 Å². The Kier molecular flexibility index (Phi) is 5.26. The lowest BCUT2D eigenvalue weighted by atomic mass is 10.1. The summed E-state index contributed by atoms with van der Waals surface area (Å²) in [6.45, 7) is 2.08. The molecule has 0 aliphatic heterocycles. The van der Waals surface area contributed by atoms with Crippen molar-refractivity contribution in [3.63, 3.8) is 0 Å². The molecule has 0 heterocycles. The molecule has 2 aromatic carbocycles. The molecule has 1 aliphatic rings. The van der Waals surface area contributed by atoms with Gasteiger partial charge >= 0.3 is 5.97 Å². The Morgan fingerprint density at radius 3 is 2.46 bits per heavy atom. The van der Waals surface area contributed by atoms with Gasteiger partial charge in [0.15, 0.2) is 0 Å². The van der Waals surface area contributed by atoms with Crippen molar-refractivity contribution >= 4 is 17.6 Å². The van der Waals surface area contributed by atoms with Crippen molar-refractivity contribution < 1.29 is 19.4 Å². The number of nitrogens with zero attached hydrogens (tertiary/aromatic N) is 1. The molecule has 0 bridgehead atoms. The molecule has 136 valence electrons. The van der Waals surface area contributed by atoms with Crippen LogP contribution in [0.4, 0.5) is 5.69 Å². The minimum Gasteiger partial charge on any atom is -0.497 e. The number of carboxylic acid groups (broad SMARTS) is 1. The number of hydrogen-bond donors (Lipinski definition) is 1. The number of carbonyl (C=O) groups excluding carboxylic acids is 1. The SMILES string of the molecule is COc1ccc(N(C(=O)Cc2cccc(C(=O)O)c2)C(C)C2CC2)cc1. The lowest BCUT2D eigenvalue weighted by molar-refractivity contribution is -0.118. The van der Waals surface area contributed by atoms with Crippen molar-refractivity contribution in [1.82, 2.24) is 0 Å². The van der Waals surface area contributed by atoms with Gasteiger partial charge in [-0.2, -0.15) is 0 Å². The van der Waals surface area contributed by atoms with E-state index in [4.69, 9.17) is 9.84 Å². The predicted octanol–water partition coefficient (Wildman–Crippen LogP) is 3.77. The van der Waals surface area contributed by atoms with Crippen LogP contribution in [0.1, 0.15) is 35.7 Å². The zero-order valence-corrected chi connectivity index (χ0v) is 15.0. The van der Waals surface area contributed by atoms with Gasteiger partial charge in [-0.05, 0) is 67.6 Å². The van der Waals surface area contributed by atoms with Gasteiger partial charge in [0.2, 0.25) is 5.91 Å². The van der Waals surface area contributed by atoms with E-state index in [0.29, 0.717) is 11.5 Å². The number of benzene rings is 2. The zero-order valence-electron chi connectivity index (χ0n) is 15.0. The van der Waals surface area contributed by atoms with E-state index in [2.05, 4.69) is 6.92 Å². The van der Waals surface area contributed by atoms with E-state index >= 15 is 0 Å². The summed E-state index contributed by atoms with van der Waals surface area (Å²) in [6, 6.07) is 14.1. The number of aromatic carboxylic acids is 1. The topological polar surface area (TPSA) is 66.8 Å². The molecule has 0 aromatic heterocycles. The molecule has 1 amide bonds. The summed E-state index contributed by atoms with van der Waals surface area (Å²) >= 11 is 0. The van der Waals surface area contributed by atoms with Crippen LogP contribution in [0.5, 0.6) is 5.75 Å². The van der Waals surface area contributed by atoms with E-state index in [9.17, 15) is 9.59 Å². The van der Waals surface area contributed by atoms with E-state index < -0.39 is 5.97 Å². The van der Waals surface area contributed by atoms with Crippen LogP contribution in [-0.2, 0) is 11.2 Å². The Labute approximate surface area is 153 Å². The average Bonchev–Trinajstić information content (AvgIpc) is 3.48.